The molecule has 0 saturated heterocycles. The lowest BCUT2D eigenvalue weighted by Gasteiger charge is -2.30. The van der Waals surface area contributed by atoms with Gasteiger partial charge in [-0.2, -0.15) is 0 Å². The highest BCUT2D eigenvalue weighted by atomic mass is 16.5. The number of hydrogen-bond donors (Lipinski definition) is 1. The van der Waals surface area contributed by atoms with Crippen molar-refractivity contribution in [3.8, 4) is 16.9 Å². The minimum atomic E-state index is -0.538. The number of aromatic nitrogens is 1. The lowest BCUT2D eigenvalue weighted by molar-refractivity contribution is 0.0638. The van der Waals surface area contributed by atoms with Crippen LogP contribution in [-0.4, -0.2) is 40.8 Å². The maximum absolute atomic E-state index is 10.5. The average Bonchev–Trinajstić information content (AvgIpc) is 3.26. The molecule has 1 aliphatic rings. The molecule has 5 nitrogen and oxygen atoms in total. The summed E-state index contributed by atoms with van der Waals surface area (Å²) in [7, 11) is 0. The number of aliphatic hydroxyl groups is 1. The second-order valence-electron chi connectivity index (χ2n) is 7.78. The number of fused-ring (bicyclic) bond motifs is 2. The van der Waals surface area contributed by atoms with Gasteiger partial charge in [-0.25, -0.2) is 4.98 Å². The van der Waals surface area contributed by atoms with E-state index in [0.717, 1.165) is 47.5 Å². The summed E-state index contributed by atoms with van der Waals surface area (Å²) in [6, 6.07) is 22.4. The smallest absolute Gasteiger partial charge is 0.181 e. The van der Waals surface area contributed by atoms with Crippen molar-refractivity contribution in [3.63, 3.8) is 0 Å². The van der Waals surface area contributed by atoms with Gasteiger partial charge >= 0.3 is 0 Å². The van der Waals surface area contributed by atoms with Crippen molar-refractivity contribution in [2.45, 2.75) is 19.1 Å². The molecule has 30 heavy (non-hydrogen) atoms. The van der Waals surface area contributed by atoms with Crippen molar-refractivity contribution in [1.29, 1.82) is 0 Å². The van der Waals surface area contributed by atoms with Crippen LogP contribution in [0.15, 0.2) is 77.5 Å². The molecule has 1 aliphatic heterocycles. The number of aliphatic hydroxyl groups excluding tert-OH is 1. The van der Waals surface area contributed by atoms with Crippen LogP contribution in [0, 0.1) is 0 Å². The third kappa shape index (κ3) is 4.08. The Morgan fingerprint density at radius 3 is 2.80 bits per heavy atom. The largest absolute Gasteiger partial charge is 0.491 e. The molecule has 0 aliphatic carbocycles. The molecule has 0 bridgehead atoms. The summed E-state index contributed by atoms with van der Waals surface area (Å²) < 4.78 is 11.3. The molecule has 0 amide bonds. The fraction of sp³-hybridized carbons (Fsp3) is 0.240. The molecule has 1 unspecified atom stereocenters. The SMILES string of the molecule is OC(COc1cccc(-c2ccc3ncoc3c2)c1)CN1CCc2ccccc2C1. The zero-order valence-electron chi connectivity index (χ0n) is 16.7. The Labute approximate surface area is 175 Å². The molecular weight excluding hydrogens is 376 g/mol. The van der Waals surface area contributed by atoms with Crippen molar-refractivity contribution in [2.75, 3.05) is 19.7 Å². The Morgan fingerprint density at radius 1 is 1.00 bits per heavy atom. The predicted octanol–water partition coefficient (Wildman–Crippen LogP) is 4.29. The number of ether oxygens (including phenoxy) is 1. The number of oxazole rings is 1. The van der Waals surface area contributed by atoms with Crippen LogP contribution in [0.4, 0.5) is 0 Å². The zero-order chi connectivity index (χ0) is 20.3. The van der Waals surface area contributed by atoms with Gasteiger partial charge in [-0.05, 0) is 52.9 Å². The van der Waals surface area contributed by atoms with Crippen molar-refractivity contribution in [3.05, 3.63) is 84.3 Å². The van der Waals surface area contributed by atoms with E-state index in [-0.39, 0.29) is 6.61 Å². The van der Waals surface area contributed by atoms with E-state index in [1.807, 2.05) is 42.5 Å². The van der Waals surface area contributed by atoms with Gasteiger partial charge in [-0.15, -0.1) is 0 Å². The van der Waals surface area contributed by atoms with Gasteiger partial charge in [0.15, 0.2) is 12.0 Å². The van der Waals surface area contributed by atoms with Gasteiger partial charge in [-0.1, -0.05) is 42.5 Å². The predicted molar refractivity (Wildman–Crippen MR) is 116 cm³/mol. The number of hydrogen-bond acceptors (Lipinski definition) is 5. The zero-order valence-corrected chi connectivity index (χ0v) is 16.7. The first-order valence-electron chi connectivity index (χ1n) is 10.3. The summed E-state index contributed by atoms with van der Waals surface area (Å²) in [6.07, 6.45) is 1.95. The molecule has 0 fully saturated rings. The maximum atomic E-state index is 10.5. The highest BCUT2D eigenvalue weighted by Gasteiger charge is 2.18. The van der Waals surface area contributed by atoms with Crippen LogP contribution in [0.2, 0.25) is 0 Å². The second kappa shape index (κ2) is 8.30. The van der Waals surface area contributed by atoms with E-state index in [1.54, 1.807) is 0 Å². The van der Waals surface area contributed by atoms with Gasteiger partial charge < -0.3 is 14.3 Å². The monoisotopic (exact) mass is 400 g/mol. The van der Waals surface area contributed by atoms with E-state index in [9.17, 15) is 5.11 Å². The average molecular weight is 400 g/mol. The lowest BCUT2D eigenvalue weighted by Crippen LogP contribution is -2.38. The molecule has 1 N–H and O–H groups in total. The van der Waals surface area contributed by atoms with E-state index in [4.69, 9.17) is 9.15 Å². The molecular formula is C25H24N2O3. The summed E-state index contributed by atoms with van der Waals surface area (Å²) >= 11 is 0. The van der Waals surface area contributed by atoms with E-state index in [2.05, 4.69) is 34.1 Å². The Hall–Kier alpha value is -3.15. The summed E-state index contributed by atoms with van der Waals surface area (Å²) in [6.45, 7) is 2.72. The Balaban J connectivity index is 1.20. The molecule has 152 valence electrons. The second-order valence-corrected chi connectivity index (χ2v) is 7.78. The topological polar surface area (TPSA) is 58.7 Å². The van der Waals surface area contributed by atoms with Crippen molar-refractivity contribution in [1.82, 2.24) is 9.88 Å². The van der Waals surface area contributed by atoms with Crippen LogP contribution in [0.3, 0.4) is 0 Å². The number of β-amino-alcohol motifs (C(OH)–C–C–N with tert-alkyl or cyclic N) is 1. The van der Waals surface area contributed by atoms with E-state index in [1.165, 1.54) is 17.5 Å². The van der Waals surface area contributed by atoms with E-state index in [0.29, 0.717) is 6.54 Å². The molecule has 1 aromatic heterocycles. The Morgan fingerprint density at radius 2 is 1.87 bits per heavy atom. The normalized spacial score (nSPS) is 15.1. The van der Waals surface area contributed by atoms with Crippen LogP contribution in [0.25, 0.3) is 22.2 Å². The molecule has 4 aromatic rings. The van der Waals surface area contributed by atoms with Gasteiger partial charge in [0.1, 0.15) is 24.0 Å². The minimum Gasteiger partial charge on any atom is -0.491 e. The van der Waals surface area contributed by atoms with Crippen molar-refractivity contribution in [2.24, 2.45) is 0 Å². The van der Waals surface area contributed by atoms with E-state index < -0.39 is 6.10 Å². The Kier molecular flexibility index (Phi) is 5.22. The Bertz CT molecular complexity index is 1150. The fourth-order valence-corrected chi connectivity index (χ4v) is 4.05. The van der Waals surface area contributed by atoms with Gasteiger partial charge in [0.2, 0.25) is 0 Å². The van der Waals surface area contributed by atoms with Crippen LogP contribution in [0.5, 0.6) is 5.75 Å². The summed E-state index contributed by atoms with van der Waals surface area (Å²) in [4.78, 5) is 6.45. The van der Waals surface area contributed by atoms with Gasteiger partial charge in [-0.3, -0.25) is 4.90 Å². The molecule has 0 spiro atoms. The van der Waals surface area contributed by atoms with Gasteiger partial charge in [0.25, 0.3) is 0 Å². The maximum Gasteiger partial charge on any atom is 0.181 e. The highest BCUT2D eigenvalue weighted by molar-refractivity contribution is 5.80. The first-order chi connectivity index (χ1) is 14.7. The quantitative estimate of drug-likeness (QED) is 0.523. The third-order valence-electron chi connectivity index (χ3n) is 5.62. The van der Waals surface area contributed by atoms with Gasteiger partial charge in [0, 0.05) is 19.6 Å². The van der Waals surface area contributed by atoms with Crippen LogP contribution >= 0.6 is 0 Å². The first kappa shape index (κ1) is 18.9. The lowest BCUT2D eigenvalue weighted by atomic mass is 10.00. The molecule has 2 heterocycles. The molecule has 1 atom stereocenters. The van der Waals surface area contributed by atoms with Crippen LogP contribution in [-0.2, 0) is 13.0 Å². The number of benzene rings is 3. The summed E-state index contributed by atoms with van der Waals surface area (Å²) in [5.41, 5.74) is 6.45. The summed E-state index contributed by atoms with van der Waals surface area (Å²) in [5.74, 6) is 0.744. The van der Waals surface area contributed by atoms with Gasteiger partial charge in [0.05, 0.1) is 0 Å². The summed E-state index contributed by atoms with van der Waals surface area (Å²) in [5, 5.41) is 10.5. The molecule has 5 rings (SSSR count). The standard InChI is InChI=1S/C25H24N2O3/c28-22(15-27-11-10-18-4-1-2-5-21(18)14-27)16-29-23-7-3-6-19(12-23)20-8-9-24-25(13-20)30-17-26-24/h1-9,12-13,17,22,28H,10-11,14-16H2. The van der Waals surface area contributed by atoms with Crippen LogP contribution < -0.4 is 4.74 Å². The number of nitrogens with zero attached hydrogens (tertiary/aromatic N) is 2. The van der Waals surface area contributed by atoms with Crippen LogP contribution in [0.1, 0.15) is 11.1 Å². The highest BCUT2D eigenvalue weighted by Crippen LogP contribution is 2.27. The van der Waals surface area contributed by atoms with Crippen molar-refractivity contribution < 1.29 is 14.3 Å². The molecule has 0 radical (unpaired) electrons. The van der Waals surface area contributed by atoms with E-state index >= 15 is 0 Å². The fourth-order valence-electron chi connectivity index (χ4n) is 4.05. The van der Waals surface area contributed by atoms with Crippen molar-refractivity contribution >= 4 is 11.1 Å². The molecule has 3 aromatic carbocycles. The first-order valence-corrected chi connectivity index (χ1v) is 10.3. The number of rotatable bonds is 6. The third-order valence-corrected chi connectivity index (χ3v) is 5.62. The molecule has 0 saturated carbocycles. The molecule has 5 heteroatoms. The minimum absolute atomic E-state index is 0.267.